The molecule has 3 aromatic rings. The van der Waals surface area contributed by atoms with E-state index in [0.29, 0.717) is 29.6 Å². The Balaban J connectivity index is 0.00000380. The van der Waals surface area contributed by atoms with Crippen molar-refractivity contribution in [2.75, 3.05) is 19.4 Å². The monoisotopic (exact) mass is 534 g/mol. The number of carbonyl (C=O) groups is 1. The summed E-state index contributed by atoms with van der Waals surface area (Å²) in [6.07, 6.45) is 3.22. The van der Waals surface area contributed by atoms with Gasteiger partial charge in [0, 0.05) is 24.2 Å². The Morgan fingerprint density at radius 1 is 1.38 bits per heavy atom. The summed E-state index contributed by atoms with van der Waals surface area (Å²) >= 11 is 0. The number of anilines is 1. The van der Waals surface area contributed by atoms with Gasteiger partial charge < -0.3 is 10.5 Å². The van der Waals surface area contributed by atoms with Crippen LogP contribution in [0.4, 0.5) is 11.5 Å². The zero-order chi connectivity index (χ0) is 25.8. The Kier molecular flexibility index (Phi) is 8.73. The van der Waals surface area contributed by atoms with Gasteiger partial charge in [-0.1, -0.05) is 11.6 Å². The van der Waals surface area contributed by atoms with Crippen LogP contribution in [0.25, 0.3) is 5.82 Å². The van der Waals surface area contributed by atoms with Crippen LogP contribution in [0.1, 0.15) is 54.9 Å². The van der Waals surface area contributed by atoms with Crippen LogP contribution < -0.4 is 15.9 Å². The van der Waals surface area contributed by atoms with Crippen LogP contribution >= 0.6 is 12.4 Å². The van der Waals surface area contributed by atoms with Gasteiger partial charge >= 0.3 is 5.69 Å². The van der Waals surface area contributed by atoms with E-state index in [-0.39, 0.29) is 41.2 Å². The Labute approximate surface area is 217 Å². The van der Waals surface area contributed by atoms with Gasteiger partial charge in [0.05, 0.1) is 23.4 Å². The Morgan fingerprint density at radius 2 is 2.16 bits per heavy atom. The molecule has 1 fully saturated rings. The maximum atomic E-state index is 13.1. The number of nitrogens with two attached hydrogens (primary N) is 1. The van der Waals surface area contributed by atoms with Crippen LogP contribution in [0.3, 0.4) is 0 Å². The molecule has 1 aromatic carbocycles. The minimum Gasteiger partial charge on any atom is -0.490 e. The average Bonchev–Trinajstić information content (AvgIpc) is 3.48. The smallest absolute Gasteiger partial charge is 0.311 e. The highest BCUT2D eigenvalue weighted by atomic mass is 35.5. The second kappa shape index (κ2) is 11.7. The summed E-state index contributed by atoms with van der Waals surface area (Å²) in [6, 6.07) is 4.70. The molecule has 0 aliphatic carbocycles. The number of likely N-dealkylation sites (tertiary alicyclic amines) is 1. The second-order valence-corrected chi connectivity index (χ2v) is 8.37. The van der Waals surface area contributed by atoms with E-state index >= 15 is 0 Å². The predicted octanol–water partition coefficient (Wildman–Crippen LogP) is 2.10. The summed E-state index contributed by atoms with van der Waals surface area (Å²) < 4.78 is 11.1. The molecule has 15 nitrogen and oxygen atoms in total. The van der Waals surface area contributed by atoms with Gasteiger partial charge in [-0.3, -0.25) is 19.8 Å². The van der Waals surface area contributed by atoms with Crippen molar-refractivity contribution in [2.24, 2.45) is 5.10 Å². The van der Waals surface area contributed by atoms with E-state index in [1.807, 2.05) is 0 Å². The lowest BCUT2D eigenvalue weighted by molar-refractivity contribution is -0.385. The first-order valence-corrected chi connectivity index (χ1v) is 11.2. The van der Waals surface area contributed by atoms with Crippen LogP contribution in [0.15, 0.2) is 27.9 Å². The van der Waals surface area contributed by atoms with Crippen molar-refractivity contribution in [3.63, 3.8) is 0 Å². The van der Waals surface area contributed by atoms with Crippen molar-refractivity contribution >= 4 is 35.5 Å². The first-order chi connectivity index (χ1) is 17.3. The molecule has 1 saturated heterocycles. The third kappa shape index (κ3) is 5.83. The number of hydrogen-bond acceptors (Lipinski definition) is 12. The van der Waals surface area contributed by atoms with Gasteiger partial charge in [0.1, 0.15) is 0 Å². The summed E-state index contributed by atoms with van der Waals surface area (Å²) in [5, 5.41) is 30.9. The van der Waals surface area contributed by atoms with Gasteiger partial charge in [-0.05, 0) is 55.7 Å². The lowest BCUT2D eigenvalue weighted by Crippen LogP contribution is -2.38. The summed E-state index contributed by atoms with van der Waals surface area (Å²) in [4.78, 5) is 26.1. The van der Waals surface area contributed by atoms with E-state index in [1.54, 1.807) is 13.0 Å². The number of aromatic nitrogens is 5. The Morgan fingerprint density at radius 3 is 2.81 bits per heavy atom. The number of nitrogen functional groups attached to an aromatic ring is 1. The quantitative estimate of drug-likeness (QED) is 0.244. The Bertz CT molecular complexity index is 1310. The molecular formula is C21H27ClN10O5. The molecule has 1 aliphatic rings. The molecule has 0 spiro atoms. The second-order valence-electron chi connectivity index (χ2n) is 8.37. The highest BCUT2D eigenvalue weighted by Crippen LogP contribution is 2.28. The normalized spacial score (nSPS) is 16.2. The number of piperidine rings is 1. The molecule has 198 valence electrons. The SMILES string of the molecule is COc1ccc(/C(C)=N\NC(=O)c2nnn(-c3nonc3N)c2CN2CCCCC2C)cc1[N+](=O)[O-].Cl. The van der Waals surface area contributed by atoms with Crippen molar-refractivity contribution in [1.82, 2.24) is 35.6 Å². The van der Waals surface area contributed by atoms with E-state index in [9.17, 15) is 14.9 Å². The number of rotatable bonds is 8. The molecular weight excluding hydrogens is 508 g/mol. The van der Waals surface area contributed by atoms with Crippen molar-refractivity contribution in [2.45, 2.75) is 45.7 Å². The largest absolute Gasteiger partial charge is 0.490 e. The van der Waals surface area contributed by atoms with Gasteiger partial charge in [0.25, 0.3) is 5.91 Å². The van der Waals surface area contributed by atoms with Crippen molar-refractivity contribution in [1.29, 1.82) is 0 Å². The molecule has 0 saturated carbocycles. The summed E-state index contributed by atoms with van der Waals surface area (Å²) in [6.45, 7) is 4.96. The zero-order valence-electron chi connectivity index (χ0n) is 20.4. The molecule has 2 aromatic heterocycles. The van der Waals surface area contributed by atoms with E-state index in [2.05, 4.69) is 43.0 Å². The molecule has 1 unspecified atom stereocenters. The fraction of sp³-hybridized carbons (Fsp3) is 0.429. The maximum absolute atomic E-state index is 13.1. The topological polar surface area (TPSA) is 193 Å². The van der Waals surface area contributed by atoms with E-state index in [4.69, 9.17) is 15.1 Å². The number of nitro benzene ring substituents is 1. The van der Waals surface area contributed by atoms with E-state index in [1.165, 1.54) is 23.9 Å². The summed E-state index contributed by atoms with van der Waals surface area (Å²) in [5.74, 6) is -0.352. The fourth-order valence-corrected chi connectivity index (χ4v) is 4.02. The molecule has 0 radical (unpaired) electrons. The first-order valence-electron chi connectivity index (χ1n) is 11.2. The standard InChI is InChI=1S/C21H26N10O5.ClH/c1-12-6-4-5-9-29(12)11-16-18(24-28-30(16)20-19(22)26-36-27-20)21(32)25-23-13(2)14-7-8-17(35-3)15(10-14)31(33)34;/h7-8,10,12H,4-6,9,11H2,1-3H3,(H2,22,26)(H,25,32);1H/b23-13-;. The van der Waals surface area contributed by atoms with E-state index in [0.717, 1.165) is 25.8 Å². The predicted molar refractivity (Wildman–Crippen MR) is 134 cm³/mol. The first kappa shape index (κ1) is 27.5. The highest BCUT2D eigenvalue weighted by Gasteiger charge is 2.28. The fourth-order valence-electron chi connectivity index (χ4n) is 4.02. The van der Waals surface area contributed by atoms with Crippen molar-refractivity contribution in [3.8, 4) is 11.6 Å². The molecule has 1 atom stereocenters. The number of nitrogens with zero attached hydrogens (tertiary/aromatic N) is 8. The van der Waals surface area contributed by atoms with Gasteiger partial charge in [-0.15, -0.1) is 17.5 Å². The minimum atomic E-state index is -0.613. The number of hydrogen-bond donors (Lipinski definition) is 2. The van der Waals surface area contributed by atoms with Gasteiger partial charge in [0.15, 0.2) is 11.4 Å². The Hall–Kier alpha value is -4.11. The summed E-state index contributed by atoms with van der Waals surface area (Å²) in [5.41, 5.74) is 9.38. The van der Waals surface area contributed by atoms with Crippen LogP contribution in [-0.2, 0) is 6.54 Å². The molecule has 0 bridgehead atoms. The lowest BCUT2D eigenvalue weighted by atomic mass is 10.0. The highest BCUT2D eigenvalue weighted by molar-refractivity contribution is 6.01. The zero-order valence-corrected chi connectivity index (χ0v) is 21.3. The number of nitrogens with one attached hydrogen (secondary N) is 1. The molecule has 1 aliphatic heterocycles. The number of carbonyl (C=O) groups excluding carboxylic acids is 1. The number of ether oxygens (including phenoxy) is 1. The number of amides is 1. The molecule has 3 heterocycles. The molecule has 16 heteroatoms. The van der Waals surface area contributed by atoms with Gasteiger partial charge in [0.2, 0.25) is 11.6 Å². The van der Waals surface area contributed by atoms with Crippen LogP contribution in [-0.4, -0.2) is 66.4 Å². The average molecular weight is 535 g/mol. The van der Waals surface area contributed by atoms with Gasteiger partial charge in [-0.25, -0.2) is 10.1 Å². The van der Waals surface area contributed by atoms with Crippen LogP contribution in [0, 0.1) is 10.1 Å². The van der Waals surface area contributed by atoms with Crippen molar-refractivity contribution < 1.29 is 19.1 Å². The molecule has 3 N–H and O–H groups in total. The lowest BCUT2D eigenvalue weighted by Gasteiger charge is -2.33. The minimum absolute atomic E-state index is 0. The maximum Gasteiger partial charge on any atom is 0.311 e. The van der Waals surface area contributed by atoms with Crippen LogP contribution in [0.2, 0.25) is 0 Å². The third-order valence-electron chi connectivity index (χ3n) is 6.09. The summed E-state index contributed by atoms with van der Waals surface area (Å²) in [7, 11) is 1.35. The van der Waals surface area contributed by atoms with Gasteiger partial charge in [-0.2, -0.15) is 9.78 Å². The van der Waals surface area contributed by atoms with Crippen molar-refractivity contribution in [3.05, 3.63) is 45.3 Å². The van der Waals surface area contributed by atoms with E-state index < -0.39 is 10.8 Å². The number of halogens is 1. The molecule has 37 heavy (non-hydrogen) atoms. The number of nitro groups is 1. The third-order valence-corrected chi connectivity index (χ3v) is 6.09. The number of benzene rings is 1. The molecule has 4 rings (SSSR count). The number of methoxy groups -OCH3 is 1. The number of hydrazone groups is 1. The molecule has 1 amide bonds. The van der Waals surface area contributed by atoms with Crippen LogP contribution in [0.5, 0.6) is 5.75 Å².